The van der Waals surface area contributed by atoms with Crippen LogP contribution in [0.1, 0.15) is 63.0 Å². The number of rotatable bonds is 7. The Labute approximate surface area is 181 Å². The molecule has 9 nitrogen and oxygen atoms in total. The van der Waals surface area contributed by atoms with Crippen LogP contribution in [0.2, 0.25) is 0 Å². The van der Waals surface area contributed by atoms with Crippen LogP contribution < -0.4 is 5.32 Å². The Kier molecular flexibility index (Phi) is 7.14. The summed E-state index contributed by atoms with van der Waals surface area (Å²) in [5.41, 5.74) is 1.23. The summed E-state index contributed by atoms with van der Waals surface area (Å²) >= 11 is 0. The van der Waals surface area contributed by atoms with Crippen molar-refractivity contribution in [3.8, 4) is 0 Å². The molecule has 0 radical (unpaired) electrons. The SMILES string of the molecule is CCOC(=O)CC[C@@H]1CC[C@H](NC(=O)c2nn(C(C)C)c3ccccc23)CN1C(=O)O. The van der Waals surface area contributed by atoms with E-state index in [0.717, 1.165) is 10.9 Å². The van der Waals surface area contributed by atoms with E-state index in [9.17, 15) is 19.5 Å². The molecule has 9 heteroatoms. The zero-order valence-corrected chi connectivity index (χ0v) is 18.2. The van der Waals surface area contributed by atoms with Crippen molar-refractivity contribution in [2.45, 2.75) is 64.6 Å². The van der Waals surface area contributed by atoms with Crippen LogP contribution in [0.25, 0.3) is 10.9 Å². The van der Waals surface area contributed by atoms with Crippen LogP contribution in [0.15, 0.2) is 24.3 Å². The van der Waals surface area contributed by atoms with E-state index < -0.39 is 6.09 Å². The fourth-order valence-electron chi connectivity index (χ4n) is 4.10. The van der Waals surface area contributed by atoms with E-state index in [2.05, 4.69) is 10.4 Å². The number of fused-ring (bicyclic) bond motifs is 1. The molecule has 1 fully saturated rings. The number of esters is 1. The molecule has 1 saturated heterocycles. The van der Waals surface area contributed by atoms with Crippen molar-refractivity contribution in [1.82, 2.24) is 20.0 Å². The Balaban J connectivity index is 1.68. The molecule has 1 aromatic heterocycles. The number of carbonyl (C=O) groups excluding carboxylic acids is 2. The van der Waals surface area contributed by atoms with Gasteiger partial charge in [-0.15, -0.1) is 0 Å². The van der Waals surface area contributed by atoms with E-state index in [4.69, 9.17) is 4.74 Å². The van der Waals surface area contributed by atoms with E-state index >= 15 is 0 Å². The van der Waals surface area contributed by atoms with Crippen molar-refractivity contribution in [2.75, 3.05) is 13.2 Å². The summed E-state index contributed by atoms with van der Waals surface area (Å²) in [5.74, 6) is -0.633. The molecule has 2 N–H and O–H groups in total. The number of likely N-dealkylation sites (tertiary alicyclic amines) is 1. The Morgan fingerprint density at radius 2 is 2.00 bits per heavy atom. The van der Waals surface area contributed by atoms with Crippen LogP contribution in [-0.4, -0.2) is 63.0 Å². The van der Waals surface area contributed by atoms with Crippen molar-refractivity contribution in [2.24, 2.45) is 0 Å². The van der Waals surface area contributed by atoms with Gasteiger partial charge in [0.2, 0.25) is 0 Å². The molecule has 0 unspecified atom stereocenters. The first-order chi connectivity index (χ1) is 14.8. The molecule has 3 rings (SSSR count). The van der Waals surface area contributed by atoms with Gasteiger partial charge in [0.05, 0.1) is 12.1 Å². The predicted molar refractivity (Wildman–Crippen MR) is 115 cm³/mol. The molecule has 2 atom stereocenters. The van der Waals surface area contributed by atoms with Gasteiger partial charge in [0, 0.05) is 36.5 Å². The molecule has 0 aliphatic carbocycles. The lowest BCUT2D eigenvalue weighted by atomic mass is 9.95. The minimum absolute atomic E-state index is 0.101. The number of carboxylic acid groups (broad SMARTS) is 1. The number of benzene rings is 1. The number of para-hydroxylation sites is 1. The van der Waals surface area contributed by atoms with Crippen LogP contribution in [-0.2, 0) is 9.53 Å². The molecule has 0 spiro atoms. The number of nitrogens with zero attached hydrogens (tertiary/aromatic N) is 3. The molecule has 1 aliphatic heterocycles. The van der Waals surface area contributed by atoms with Gasteiger partial charge >= 0.3 is 12.1 Å². The summed E-state index contributed by atoms with van der Waals surface area (Å²) in [6, 6.07) is 7.09. The topological polar surface area (TPSA) is 114 Å². The molecule has 2 amide bonds. The zero-order chi connectivity index (χ0) is 22.5. The quantitative estimate of drug-likeness (QED) is 0.652. The molecule has 1 aromatic carbocycles. The largest absolute Gasteiger partial charge is 0.466 e. The number of aromatic nitrogens is 2. The lowest BCUT2D eigenvalue weighted by Gasteiger charge is -2.38. The van der Waals surface area contributed by atoms with Gasteiger partial charge < -0.3 is 20.1 Å². The standard InChI is InChI=1S/C22H30N4O5/c1-4-31-19(27)12-11-16-10-9-15(13-25(16)22(29)30)23-21(28)20-17-7-5-6-8-18(17)26(24-20)14(2)3/h5-8,14-16H,4,9-13H2,1-3H3,(H,23,28)(H,29,30)/t15-,16-/m0/s1. The zero-order valence-electron chi connectivity index (χ0n) is 18.2. The van der Waals surface area contributed by atoms with E-state index in [1.807, 2.05) is 42.8 Å². The fraction of sp³-hybridized carbons (Fsp3) is 0.545. The predicted octanol–water partition coefficient (Wildman–Crippen LogP) is 3.20. The lowest BCUT2D eigenvalue weighted by Crippen LogP contribution is -2.53. The van der Waals surface area contributed by atoms with Gasteiger partial charge in [-0.2, -0.15) is 5.10 Å². The van der Waals surface area contributed by atoms with Crippen LogP contribution in [0, 0.1) is 0 Å². The van der Waals surface area contributed by atoms with E-state index in [0.29, 0.717) is 31.6 Å². The van der Waals surface area contributed by atoms with Crippen molar-refractivity contribution < 1.29 is 24.2 Å². The molecular formula is C22H30N4O5. The number of amides is 2. The van der Waals surface area contributed by atoms with Crippen LogP contribution in [0.5, 0.6) is 0 Å². The Bertz CT molecular complexity index is 955. The normalized spacial score (nSPS) is 18.9. The van der Waals surface area contributed by atoms with E-state index in [1.54, 1.807) is 6.92 Å². The number of hydrogen-bond acceptors (Lipinski definition) is 5. The smallest absolute Gasteiger partial charge is 0.407 e. The molecular weight excluding hydrogens is 400 g/mol. The number of piperidine rings is 1. The summed E-state index contributed by atoms with van der Waals surface area (Å²) in [6.07, 6.45) is 0.735. The molecule has 168 valence electrons. The van der Waals surface area contributed by atoms with Gasteiger partial charge in [-0.05, 0) is 46.1 Å². The third kappa shape index (κ3) is 5.15. The second kappa shape index (κ2) is 9.80. The van der Waals surface area contributed by atoms with Gasteiger partial charge in [0.15, 0.2) is 5.69 Å². The van der Waals surface area contributed by atoms with Crippen molar-refractivity contribution in [3.05, 3.63) is 30.0 Å². The second-order valence-corrected chi connectivity index (χ2v) is 8.08. The molecule has 0 bridgehead atoms. The average molecular weight is 431 g/mol. The summed E-state index contributed by atoms with van der Waals surface area (Å²) < 4.78 is 6.75. The minimum atomic E-state index is -1.05. The Morgan fingerprint density at radius 1 is 1.26 bits per heavy atom. The first-order valence-electron chi connectivity index (χ1n) is 10.7. The first kappa shape index (κ1) is 22.6. The molecule has 2 aromatic rings. The van der Waals surface area contributed by atoms with E-state index in [-0.39, 0.29) is 43.0 Å². The van der Waals surface area contributed by atoms with Gasteiger partial charge in [-0.1, -0.05) is 18.2 Å². The Hall–Kier alpha value is -3.10. The highest BCUT2D eigenvalue weighted by Crippen LogP contribution is 2.24. The number of hydrogen-bond donors (Lipinski definition) is 2. The maximum atomic E-state index is 13.0. The van der Waals surface area contributed by atoms with Gasteiger partial charge in [0.25, 0.3) is 5.91 Å². The fourth-order valence-corrected chi connectivity index (χ4v) is 4.10. The number of nitrogens with one attached hydrogen (secondary N) is 1. The number of carbonyl (C=O) groups is 3. The minimum Gasteiger partial charge on any atom is -0.466 e. The highest BCUT2D eigenvalue weighted by molar-refractivity contribution is 6.05. The summed E-state index contributed by atoms with van der Waals surface area (Å²) in [5, 5.41) is 17.9. The van der Waals surface area contributed by atoms with Crippen LogP contribution in [0.3, 0.4) is 0 Å². The maximum Gasteiger partial charge on any atom is 0.407 e. The lowest BCUT2D eigenvalue weighted by molar-refractivity contribution is -0.143. The van der Waals surface area contributed by atoms with Crippen molar-refractivity contribution in [1.29, 1.82) is 0 Å². The first-order valence-corrected chi connectivity index (χ1v) is 10.7. The van der Waals surface area contributed by atoms with Crippen molar-refractivity contribution >= 4 is 28.9 Å². The molecule has 2 heterocycles. The van der Waals surface area contributed by atoms with E-state index in [1.165, 1.54) is 4.90 Å². The van der Waals surface area contributed by atoms with Gasteiger partial charge in [-0.3, -0.25) is 14.3 Å². The third-order valence-electron chi connectivity index (χ3n) is 5.59. The van der Waals surface area contributed by atoms with Crippen molar-refractivity contribution in [3.63, 3.8) is 0 Å². The van der Waals surface area contributed by atoms with Gasteiger partial charge in [0.1, 0.15) is 0 Å². The van der Waals surface area contributed by atoms with Crippen LogP contribution in [0.4, 0.5) is 4.79 Å². The Morgan fingerprint density at radius 3 is 2.68 bits per heavy atom. The summed E-state index contributed by atoms with van der Waals surface area (Å²) in [6.45, 7) is 6.23. The molecule has 1 aliphatic rings. The van der Waals surface area contributed by atoms with Gasteiger partial charge in [-0.25, -0.2) is 4.79 Å². The highest BCUT2D eigenvalue weighted by Gasteiger charge is 2.33. The monoisotopic (exact) mass is 430 g/mol. The molecule has 31 heavy (non-hydrogen) atoms. The number of ether oxygens (including phenoxy) is 1. The maximum absolute atomic E-state index is 13.0. The summed E-state index contributed by atoms with van der Waals surface area (Å²) in [7, 11) is 0. The van der Waals surface area contributed by atoms with Crippen LogP contribution >= 0.6 is 0 Å². The highest BCUT2D eigenvalue weighted by atomic mass is 16.5. The molecule has 0 saturated carbocycles. The average Bonchev–Trinajstić information content (AvgIpc) is 3.13. The third-order valence-corrected chi connectivity index (χ3v) is 5.59. The second-order valence-electron chi connectivity index (χ2n) is 8.08. The summed E-state index contributed by atoms with van der Waals surface area (Å²) in [4.78, 5) is 37.7.